The van der Waals surface area contributed by atoms with E-state index in [1.165, 1.54) is 5.57 Å². The summed E-state index contributed by atoms with van der Waals surface area (Å²) < 4.78 is 0. The van der Waals surface area contributed by atoms with Gasteiger partial charge in [-0.05, 0) is 33.1 Å². The first-order valence-corrected chi connectivity index (χ1v) is 3.38. The van der Waals surface area contributed by atoms with Crippen LogP contribution in [0.5, 0.6) is 0 Å². The van der Waals surface area contributed by atoms with E-state index in [0.29, 0.717) is 0 Å². The Hall–Kier alpha value is -0.520. The zero-order valence-electron chi connectivity index (χ0n) is 6.35. The molecule has 1 radical (unpaired) electrons. The molecule has 0 rings (SSSR count). The molecule has 0 aliphatic rings. The molecule has 0 heteroatoms. The Morgan fingerprint density at radius 2 is 2.11 bits per heavy atom. The summed E-state index contributed by atoms with van der Waals surface area (Å²) in [6.45, 7) is 7.81. The number of allylic oxidation sites excluding steroid dienone is 3. The highest BCUT2D eigenvalue weighted by Gasteiger charge is 1.85. The molecule has 0 aliphatic heterocycles. The van der Waals surface area contributed by atoms with Gasteiger partial charge < -0.3 is 0 Å². The molecule has 0 aromatic heterocycles. The van der Waals surface area contributed by atoms with Crippen LogP contribution >= 0.6 is 0 Å². The van der Waals surface area contributed by atoms with Gasteiger partial charge in [0.1, 0.15) is 0 Å². The Labute approximate surface area is 58.3 Å². The van der Waals surface area contributed by atoms with Crippen LogP contribution in [-0.4, -0.2) is 0 Å². The molecule has 0 saturated carbocycles. The van der Waals surface area contributed by atoms with E-state index >= 15 is 0 Å². The fourth-order valence-corrected chi connectivity index (χ4v) is 0.547. The Balaban J connectivity index is 3.17. The summed E-state index contributed by atoms with van der Waals surface area (Å²) in [6, 6.07) is 0. The highest BCUT2D eigenvalue weighted by molar-refractivity contribution is 5.08. The minimum absolute atomic E-state index is 1.09. The molecule has 9 heavy (non-hydrogen) atoms. The normalized spacial score (nSPS) is 11.6. The van der Waals surface area contributed by atoms with E-state index in [2.05, 4.69) is 32.9 Å². The van der Waals surface area contributed by atoms with Gasteiger partial charge in [-0.2, -0.15) is 0 Å². The molecule has 0 atom stereocenters. The van der Waals surface area contributed by atoms with Crippen molar-refractivity contribution in [2.24, 2.45) is 0 Å². The van der Waals surface area contributed by atoms with Crippen LogP contribution < -0.4 is 0 Å². The van der Waals surface area contributed by atoms with E-state index < -0.39 is 0 Å². The Morgan fingerprint density at radius 3 is 2.56 bits per heavy atom. The minimum atomic E-state index is 1.09. The van der Waals surface area contributed by atoms with Gasteiger partial charge in [-0.15, -0.1) is 6.58 Å². The molecule has 0 saturated heterocycles. The maximum absolute atomic E-state index is 3.64. The van der Waals surface area contributed by atoms with Crippen molar-refractivity contribution in [2.75, 3.05) is 0 Å². The van der Waals surface area contributed by atoms with Crippen molar-refractivity contribution in [1.29, 1.82) is 0 Å². The molecule has 0 nitrogen and oxygen atoms in total. The summed E-state index contributed by atoms with van der Waals surface area (Å²) in [6.07, 6.45) is 8.50. The van der Waals surface area contributed by atoms with E-state index in [0.717, 1.165) is 12.8 Å². The second-order valence-corrected chi connectivity index (χ2v) is 2.10. The molecule has 0 spiro atoms. The zero-order valence-corrected chi connectivity index (χ0v) is 6.35. The molecule has 0 unspecified atom stereocenters. The quantitative estimate of drug-likeness (QED) is 0.398. The smallest absolute Gasteiger partial charge is 0.0138 e. The number of hydrogen-bond donors (Lipinski definition) is 0. The van der Waals surface area contributed by atoms with Crippen LogP contribution in [0.4, 0.5) is 0 Å². The fourth-order valence-electron chi connectivity index (χ4n) is 0.547. The molecule has 0 aromatic carbocycles. The number of rotatable bonds is 4. The molecule has 51 valence electrons. The lowest BCUT2D eigenvalue weighted by atomic mass is 10.1. The van der Waals surface area contributed by atoms with Crippen LogP contribution in [0.25, 0.3) is 0 Å². The topological polar surface area (TPSA) is 0 Å². The summed E-state index contributed by atoms with van der Waals surface area (Å²) in [5.41, 5.74) is 1.36. The summed E-state index contributed by atoms with van der Waals surface area (Å²) in [4.78, 5) is 0. The third-order valence-corrected chi connectivity index (χ3v) is 1.29. The van der Waals surface area contributed by atoms with Gasteiger partial charge in [-0.1, -0.05) is 17.7 Å². The summed E-state index contributed by atoms with van der Waals surface area (Å²) in [5, 5.41) is 0. The number of hydrogen-bond acceptors (Lipinski definition) is 0. The molecule has 0 aromatic rings. The van der Waals surface area contributed by atoms with Crippen LogP contribution in [0.2, 0.25) is 0 Å². The standard InChI is InChI=1S/C9H15/c1-4-6-7-8-9(3)5-2/h4-5,8H,1,6-7H2,2-3H3. The van der Waals surface area contributed by atoms with Gasteiger partial charge in [-0.3, -0.25) is 0 Å². The largest absolute Gasteiger partial charge is 0.103 e. The van der Waals surface area contributed by atoms with Crippen molar-refractivity contribution in [1.82, 2.24) is 0 Å². The predicted molar refractivity (Wildman–Crippen MR) is 43.2 cm³/mol. The average Bonchev–Trinajstić information content (AvgIpc) is 1.89. The van der Waals surface area contributed by atoms with Crippen LogP contribution in [0.15, 0.2) is 24.3 Å². The fraction of sp³-hybridized carbons (Fsp3) is 0.444. The lowest BCUT2D eigenvalue weighted by Gasteiger charge is -1.94. The maximum Gasteiger partial charge on any atom is -0.0138 e. The van der Waals surface area contributed by atoms with Crippen LogP contribution in [0.3, 0.4) is 0 Å². The molecule has 0 heterocycles. The highest BCUT2D eigenvalue weighted by atomic mass is 13.9. The van der Waals surface area contributed by atoms with E-state index in [1.807, 2.05) is 6.08 Å². The van der Waals surface area contributed by atoms with Crippen LogP contribution in [-0.2, 0) is 0 Å². The molecule has 0 fully saturated rings. The Kier molecular flexibility index (Phi) is 5.29. The summed E-state index contributed by atoms with van der Waals surface area (Å²) in [5.74, 6) is 0. The zero-order chi connectivity index (χ0) is 7.11. The van der Waals surface area contributed by atoms with Gasteiger partial charge in [0.25, 0.3) is 0 Å². The van der Waals surface area contributed by atoms with Crippen molar-refractivity contribution in [3.63, 3.8) is 0 Å². The maximum atomic E-state index is 3.64. The van der Waals surface area contributed by atoms with Gasteiger partial charge in [0.05, 0.1) is 0 Å². The van der Waals surface area contributed by atoms with Crippen molar-refractivity contribution in [3.8, 4) is 0 Å². The molecular weight excluding hydrogens is 108 g/mol. The first-order valence-electron chi connectivity index (χ1n) is 3.38. The lowest BCUT2D eigenvalue weighted by Crippen LogP contribution is -1.76. The van der Waals surface area contributed by atoms with Gasteiger partial charge >= 0.3 is 0 Å². The van der Waals surface area contributed by atoms with E-state index in [9.17, 15) is 0 Å². The van der Waals surface area contributed by atoms with Crippen molar-refractivity contribution < 1.29 is 0 Å². The Bertz CT molecular complexity index is 98.6. The van der Waals surface area contributed by atoms with Crippen LogP contribution in [0, 0.1) is 6.42 Å². The lowest BCUT2D eigenvalue weighted by molar-refractivity contribution is 0.981. The molecule has 0 amide bonds. The van der Waals surface area contributed by atoms with Crippen molar-refractivity contribution in [3.05, 3.63) is 30.7 Å². The Morgan fingerprint density at radius 1 is 1.44 bits per heavy atom. The summed E-state index contributed by atoms with van der Waals surface area (Å²) >= 11 is 0. The molecular formula is C9H15. The molecule has 0 aliphatic carbocycles. The minimum Gasteiger partial charge on any atom is -0.103 e. The second kappa shape index (κ2) is 5.61. The average molecular weight is 123 g/mol. The third-order valence-electron chi connectivity index (χ3n) is 1.29. The molecule has 0 bridgehead atoms. The van der Waals surface area contributed by atoms with Gasteiger partial charge in [-0.25, -0.2) is 0 Å². The number of unbranched alkanes of at least 4 members (excludes halogenated alkanes) is 1. The molecule has 0 N–H and O–H groups in total. The van der Waals surface area contributed by atoms with E-state index in [-0.39, 0.29) is 0 Å². The van der Waals surface area contributed by atoms with E-state index in [4.69, 9.17) is 0 Å². The first-order chi connectivity index (χ1) is 4.31. The van der Waals surface area contributed by atoms with Gasteiger partial charge in [0.15, 0.2) is 0 Å². The predicted octanol–water partition coefficient (Wildman–Crippen LogP) is 3.12. The first kappa shape index (κ1) is 8.48. The van der Waals surface area contributed by atoms with Crippen molar-refractivity contribution in [2.45, 2.75) is 26.7 Å². The van der Waals surface area contributed by atoms with Crippen molar-refractivity contribution >= 4 is 0 Å². The highest BCUT2D eigenvalue weighted by Crippen LogP contribution is 2.03. The van der Waals surface area contributed by atoms with Gasteiger partial charge in [0.2, 0.25) is 0 Å². The summed E-state index contributed by atoms with van der Waals surface area (Å²) in [7, 11) is 0. The van der Waals surface area contributed by atoms with Crippen LogP contribution in [0.1, 0.15) is 26.7 Å². The monoisotopic (exact) mass is 123 g/mol. The van der Waals surface area contributed by atoms with Gasteiger partial charge in [0, 0.05) is 0 Å². The SMILES string of the molecule is C=CCC[CH]C(C)=CC. The second-order valence-electron chi connectivity index (χ2n) is 2.10. The third kappa shape index (κ3) is 5.35. The van der Waals surface area contributed by atoms with E-state index in [1.54, 1.807) is 0 Å².